The third kappa shape index (κ3) is 2.59. The molecule has 2 aromatic rings. The zero-order valence-corrected chi connectivity index (χ0v) is 16.9. The van der Waals surface area contributed by atoms with Crippen LogP contribution < -0.4 is 9.88 Å². The summed E-state index contributed by atoms with van der Waals surface area (Å²) in [5, 5.41) is 3.44. The Hall–Kier alpha value is -3.16. The first kappa shape index (κ1) is 18.2. The second-order valence-corrected chi connectivity index (χ2v) is 7.40. The Morgan fingerprint density at radius 3 is 2.61 bits per heavy atom. The van der Waals surface area contributed by atoms with E-state index in [-0.39, 0.29) is 11.9 Å². The van der Waals surface area contributed by atoms with E-state index in [1.807, 2.05) is 30.5 Å². The second-order valence-electron chi connectivity index (χ2n) is 7.40. The number of imide groups is 1. The van der Waals surface area contributed by atoms with Gasteiger partial charge in [0.2, 0.25) is 11.9 Å². The van der Waals surface area contributed by atoms with Crippen LogP contribution in [0.5, 0.6) is 0 Å². The number of amides is 3. The van der Waals surface area contributed by atoms with Crippen LogP contribution in [0.3, 0.4) is 0 Å². The van der Waals surface area contributed by atoms with E-state index < -0.39 is 6.04 Å². The molecule has 2 aliphatic rings. The van der Waals surface area contributed by atoms with Gasteiger partial charge in [-0.25, -0.2) is 13.9 Å². The van der Waals surface area contributed by atoms with Crippen molar-refractivity contribution in [1.82, 2.24) is 14.4 Å². The average molecular weight is 381 g/mol. The van der Waals surface area contributed by atoms with E-state index in [2.05, 4.69) is 33.9 Å². The number of hydrogen-bond donors (Lipinski definition) is 1. The molecule has 0 radical (unpaired) electrons. The molecule has 3 amide bonds. The lowest BCUT2D eigenvalue weighted by atomic mass is 10.1. The topological polar surface area (TPSA) is 73.8 Å². The highest BCUT2D eigenvalue weighted by molar-refractivity contribution is 6.20. The molecule has 2 aliphatic heterocycles. The van der Waals surface area contributed by atoms with Crippen molar-refractivity contribution in [3.05, 3.63) is 41.2 Å². The summed E-state index contributed by atoms with van der Waals surface area (Å²) in [6.45, 7) is 7.52. The van der Waals surface area contributed by atoms with Crippen LogP contribution in [0, 0.1) is 20.8 Å². The van der Waals surface area contributed by atoms with E-state index in [1.54, 1.807) is 7.05 Å². The van der Waals surface area contributed by atoms with Crippen molar-refractivity contribution in [2.24, 2.45) is 4.99 Å². The number of rotatable bonds is 4. The first-order valence-electron chi connectivity index (χ1n) is 9.37. The Morgan fingerprint density at radius 1 is 1.14 bits per heavy atom. The smallest absolute Gasteiger partial charge is 0.382 e. The standard InChI is InChI=1S/C20H25N6O2/c1-12-7-6-8-15(11-12)21-9-10-25-13(2)14(3)26-16-17(22-19(25)26)23(4)20(28)24(5)18(16)27/h6-8,11,16,21H,9-10H2,1-5H3/q+1. The molecule has 0 saturated carbocycles. The number of amidine groups is 1. The maximum atomic E-state index is 12.8. The van der Waals surface area contributed by atoms with Crippen LogP contribution >= 0.6 is 0 Å². The largest absolute Gasteiger partial charge is 0.402 e. The van der Waals surface area contributed by atoms with Crippen molar-refractivity contribution in [2.45, 2.75) is 33.4 Å². The Balaban J connectivity index is 1.64. The molecule has 0 aliphatic carbocycles. The first-order valence-corrected chi connectivity index (χ1v) is 9.37. The van der Waals surface area contributed by atoms with Gasteiger partial charge in [-0.2, -0.15) is 0 Å². The summed E-state index contributed by atoms with van der Waals surface area (Å²) in [7, 11) is 3.18. The Labute approximate surface area is 164 Å². The molecule has 0 spiro atoms. The molecule has 1 N–H and O–H groups in total. The normalized spacial score (nSPS) is 18.3. The van der Waals surface area contributed by atoms with Gasteiger partial charge >= 0.3 is 12.0 Å². The van der Waals surface area contributed by atoms with Gasteiger partial charge in [-0.15, -0.1) is 0 Å². The Bertz CT molecular complexity index is 1020. The van der Waals surface area contributed by atoms with Gasteiger partial charge in [0.1, 0.15) is 11.4 Å². The molecule has 1 fully saturated rings. The van der Waals surface area contributed by atoms with Gasteiger partial charge in [0.25, 0.3) is 5.91 Å². The van der Waals surface area contributed by atoms with Crippen LogP contribution in [0.2, 0.25) is 0 Å². The Morgan fingerprint density at radius 2 is 1.89 bits per heavy atom. The first-order chi connectivity index (χ1) is 13.3. The molecule has 28 heavy (non-hydrogen) atoms. The van der Waals surface area contributed by atoms with Crippen LogP contribution in [0.4, 0.5) is 16.4 Å². The number of nitrogens with zero attached hydrogens (tertiary/aromatic N) is 5. The number of carbonyl (C=O) groups excluding carboxylic acids is 2. The van der Waals surface area contributed by atoms with Crippen molar-refractivity contribution in [2.75, 3.05) is 26.0 Å². The lowest BCUT2D eigenvalue weighted by Gasteiger charge is -2.30. The zero-order chi connectivity index (χ0) is 20.2. The van der Waals surface area contributed by atoms with Crippen molar-refractivity contribution < 1.29 is 14.2 Å². The highest BCUT2D eigenvalue weighted by Gasteiger charge is 2.53. The number of aryl methyl sites for hydroxylation is 1. The Kier molecular flexibility index (Phi) is 4.21. The van der Waals surface area contributed by atoms with Gasteiger partial charge < -0.3 is 5.32 Å². The quantitative estimate of drug-likeness (QED) is 0.823. The van der Waals surface area contributed by atoms with E-state index in [0.29, 0.717) is 18.3 Å². The third-order valence-electron chi connectivity index (χ3n) is 5.63. The van der Waals surface area contributed by atoms with E-state index in [4.69, 9.17) is 0 Å². The highest BCUT2D eigenvalue weighted by atomic mass is 16.2. The summed E-state index contributed by atoms with van der Waals surface area (Å²) in [5.41, 5.74) is 4.34. The van der Waals surface area contributed by atoms with Crippen molar-refractivity contribution in [1.29, 1.82) is 0 Å². The fourth-order valence-corrected chi connectivity index (χ4v) is 3.92. The average Bonchev–Trinajstić information content (AvgIpc) is 3.16. The summed E-state index contributed by atoms with van der Waals surface area (Å²) in [5.74, 6) is 0.958. The van der Waals surface area contributed by atoms with Crippen molar-refractivity contribution >= 4 is 29.4 Å². The van der Waals surface area contributed by atoms with Crippen molar-refractivity contribution in [3.63, 3.8) is 0 Å². The lowest BCUT2D eigenvalue weighted by molar-refractivity contribution is -0.686. The number of anilines is 1. The van der Waals surface area contributed by atoms with Crippen LogP contribution in [-0.4, -0.2) is 52.8 Å². The van der Waals surface area contributed by atoms with Gasteiger partial charge in [-0.05, 0) is 38.5 Å². The molecule has 8 nitrogen and oxygen atoms in total. The number of urea groups is 1. The van der Waals surface area contributed by atoms with E-state index in [9.17, 15) is 9.59 Å². The van der Waals surface area contributed by atoms with Gasteiger partial charge in [0, 0.05) is 26.3 Å². The molecule has 146 valence electrons. The minimum atomic E-state index is -0.576. The minimum Gasteiger partial charge on any atom is -0.382 e. The van der Waals surface area contributed by atoms with Crippen LogP contribution in [0.1, 0.15) is 23.0 Å². The molecule has 4 rings (SSSR count). The van der Waals surface area contributed by atoms with Crippen LogP contribution in [-0.2, 0) is 11.3 Å². The molecule has 1 unspecified atom stereocenters. The summed E-state index contributed by atoms with van der Waals surface area (Å²) in [6.07, 6.45) is 0. The number of hydrogen-bond acceptors (Lipinski definition) is 4. The fourth-order valence-electron chi connectivity index (χ4n) is 3.92. The third-order valence-corrected chi connectivity index (χ3v) is 5.63. The monoisotopic (exact) mass is 381 g/mol. The van der Waals surface area contributed by atoms with Gasteiger partial charge in [-0.1, -0.05) is 17.1 Å². The van der Waals surface area contributed by atoms with Crippen molar-refractivity contribution in [3.8, 4) is 0 Å². The summed E-state index contributed by atoms with van der Waals surface area (Å²) >= 11 is 0. The molecule has 1 atom stereocenters. The molecule has 1 aromatic heterocycles. The second kappa shape index (κ2) is 6.47. The fraction of sp³-hybridized carbons (Fsp3) is 0.400. The molecule has 1 aromatic carbocycles. The minimum absolute atomic E-state index is 0.247. The molecular formula is C20H25N6O2+. The summed E-state index contributed by atoms with van der Waals surface area (Å²) in [6, 6.07) is 7.32. The lowest BCUT2D eigenvalue weighted by Crippen LogP contribution is -2.56. The molecule has 3 heterocycles. The van der Waals surface area contributed by atoms with Gasteiger partial charge in [-0.3, -0.25) is 14.6 Å². The maximum absolute atomic E-state index is 12.8. The molecular weight excluding hydrogens is 356 g/mol. The predicted molar refractivity (Wildman–Crippen MR) is 106 cm³/mol. The number of carbonyl (C=O) groups is 2. The van der Waals surface area contributed by atoms with E-state index in [0.717, 1.165) is 28.5 Å². The van der Waals surface area contributed by atoms with Gasteiger partial charge in [0.05, 0.1) is 6.54 Å². The summed E-state index contributed by atoms with van der Waals surface area (Å²) < 4.78 is 4.05. The highest BCUT2D eigenvalue weighted by Crippen LogP contribution is 2.34. The maximum Gasteiger partial charge on any atom is 0.402 e. The number of nitrogens with one attached hydrogen (secondary N) is 1. The number of fused-ring (bicyclic) bond motifs is 3. The number of aliphatic imine (C=N–C) groups is 1. The van der Waals surface area contributed by atoms with E-state index in [1.165, 1.54) is 17.5 Å². The number of likely N-dealkylation sites (N-methyl/N-ethyl adjacent to an activating group) is 2. The molecule has 0 bridgehead atoms. The molecule has 1 saturated heterocycles. The number of aromatic nitrogens is 2. The van der Waals surface area contributed by atoms with Gasteiger partial charge in [0.15, 0.2) is 0 Å². The van der Waals surface area contributed by atoms with Crippen LogP contribution in [0.25, 0.3) is 0 Å². The summed E-state index contributed by atoms with van der Waals surface area (Å²) in [4.78, 5) is 32.4. The molecule has 8 heteroatoms. The predicted octanol–water partition coefficient (Wildman–Crippen LogP) is 1.92. The SMILES string of the molecule is Cc1cccc(NCC[n+]2c(C)c(C)n3c2N=C2C3C(=O)N(C)C(=O)N2C)c1. The number of imidazole rings is 1. The van der Waals surface area contributed by atoms with E-state index >= 15 is 0 Å². The number of benzene rings is 1. The van der Waals surface area contributed by atoms with Crippen LogP contribution in [0.15, 0.2) is 29.3 Å². The zero-order valence-electron chi connectivity index (χ0n) is 16.9.